The normalized spacial score (nSPS) is 25.0. The predicted molar refractivity (Wildman–Crippen MR) is 61.8 cm³/mol. The van der Waals surface area contributed by atoms with Gasteiger partial charge in [0.05, 0.1) is 0 Å². The highest BCUT2D eigenvalue weighted by Crippen LogP contribution is 2.26. The molecule has 0 aliphatic carbocycles. The molecule has 1 aliphatic rings. The second kappa shape index (κ2) is 6.88. The molecule has 0 amide bonds. The quantitative estimate of drug-likeness (QED) is 0.554. The van der Waals surface area contributed by atoms with Gasteiger partial charge in [0.1, 0.15) is 12.9 Å². The van der Waals surface area contributed by atoms with Crippen LogP contribution in [0.4, 0.5) is 4.39 Å². The van der Waals surface area contributed by atoms with E-state index in [1.807, 2.05) is 0 Å². The van der Waals surface area contributed by atoms with Gasteiger partial charge in [0, 0.05) is 20.8 Å². The van der Waals surface area contributed by atoms with E-state index in [-0.39, 0.29) is 6.61 Å². The minimum absolute atomic E-state index is 0.269. The monoisotopic (exact) mass is 290 g/mol. The van der Waals surface area contributed by atoms with E-state index in [2.05, 4.69) is 0 Å². The van der Waals surface area contributed by atoms with Crippen LogP contribution < -0.4 is 0 Å². The molecule has 0 aromatic rings. The van der Waals surface area contributed by atoms with E-state index in [0.29, 0.717) is 0 Å². The van der Waals surface area contributed by atoms with Crippen LogP contribution in [0.3, 0.4) is 0 Å². The number of ether oxygens (including phenoxy) is 4. The zero-order chi connectivity index (χ0) is 15.3. The molecule has 1 rings (SSSR count). The van der Waals surface area contributed by atoms with Crippen molar-refractivity contribution < 1.29 is 37.7 Å². The minimum atomic E-state index is -1.43. The lowest BCUT2D eigenvalue weighted by Gasteiger charge is -2.33. The van der Waals surface area contributed by atoms with Gasteiger partial charge >= 0.3 is 17.9 Å². The first-order chi connectivity index (χ1) is 9.31. The molecule has 0 radical (unpaired) electrons. The van der Waals surface area contributed by atoms with Gasteiger partial charge in [0.2, 0.25) is 0 Å². The Morgan fingerprint density at radius 1 is 1.15 bits per heavy atom. The number of rotatable bonds is 4. The Morgan fingerprint density at radius 3 is 2.25 bits per heavy atom. The molecular formula is C12H15FO7. The highest BCUT2D eigenvalue weighted by atomic mass is 19.1. The first kappa shape index (κ1) is 15.9. The van der Waals surface area contributed by atoms with Crippen molar-refractivity contribution in [2.45, 2.75) is 39.1 Å². The van der Waals surface area contributed by atoms with Crippen LogP contribution in [0.15, 0.2) is 12.1 Å². The van der Waals surface area contributed by atoms with E-state index >= 15 is 0 Å². The Balaban J connectivity index is 2.90. The Hall–Kier alpha value is -2.12. The van der Waals surface area contributed by atoms with Gasteiger partial charge in [-0.2, -0.15) is 0 Å². The molecule has 0 N–H and O–H groups in total. The molecule has 8 heteroatoms. The summed E-state index contributed by atoms with van der Waals surface area (Å²) in [6.45, 7) is 3.12. The largest absolute Gasteiger partial charge is 0.488 e. The van der Waals surface area contributed by atoms with Crippen molar-refractivity contribution in [1.82, 2.24) is 0 Å². The maximum Gasteiger partial charge on any atom is 0.303 e. The van der Waals surface area contributed by atoms with Gasteiger partial charge in [-0.05, 0) is 0 Å². The molecule has 0 bridgehead atoms. The SMILES string of the molecule is CC(=O)OC[C@H]1OC=C(F)[C@@H](OC(C)=O)[C@@H]1OC(C)=O. The Kier molecular flexibility index (Phi) is 5.48. The van der Waals surface area contributed by atoms with Gasteiger partial charge in [-0.15, -0.1) is 0 Å². The fourth-order valence-corrected chi connectivity index (χ4v) is 1.61. The molecular weight excluding hydrogens is 275 g/mol. The van der Waals surface area contributed by atoms with Crippen LogP contribution in [-0.4, -0.2) is 42.8 Å². The van der Waals surface area contributed by atoms with Crippen LogP contribution in [0.1, 0.15) is 20.8 Å². The number of carbonyl (C=O) groups excluding carboxylic acids is 3. The van der Waals surface area contributed by atoms with Crippen LogP contribution in [0, 0.1) is 0 Å². The second-order valence-corrected chi connectivity index (χ2v) is 4.08. The Morgan fingerprint density at radius 2 is 1.75 bits per heavy atom. The third-order valence-electron chi connectivity index (χ3n) is 2.34. The van der Waals surface area contributed by atoms with Crippen molar-refractivity contribution in [1.29, 1.82) is 0 Å². The van der Waals surface area contributed by atoms with Crippen molar-refractivity contribution in [3.05, 3.63) is 12.1 Å². The Bertz CT molecular complexity index is 432. The summed E-state index contributed by atoms with van der Waals surface area (Å²) in [4.78, 5) is 32.8. The molecule has 112 valence electrons. The molecule has 7 nitrogen and oxygen atoms in total. The summed E-state index contributed by atoms with van der Waals surface area (Å²) in [7, 11) is 0. The third kappa shape index (κ3) is 4.52. The first-order valence-corrected chi connectivity index (χ1v) is 5.80. The van der Waals surface area contributed by atoms with E-state index in [1.165, 1.54) is 6.92 Å². The van der Waals surface area contributed by atoms with E-state index in [9.17, 15) is 18.8 Å². The molecule has 1 heterocycles. The number of esters is 3. The zero-order valence-electron chi connectivity index (χ0n) is 11.3. The van der Waals surface area contributed by atoms with E-state index in [4.69, 9.17) is 18.9 Å². The van der Waals surface area contributed by atoms with Gasteiger partial charge < -0.3 is 18.9 Å². The minimum Gasteiger partial charge on any atom is -0.488 e. The lowest BCUT2D eigenvalue weighted by molar-refractivity contribution is -0.182. The third-order valence-corrected chi connectivity index (χ3v) is 2.34. The summed E-state index contributed by atoms with van der Waals surface area (Å²) in [6, 6.07) is 0. The fourth-order valence-electron chi connectivity index (χ4n) is 1.61. The van der Waals surface area contributed by atoms with Gasteiger partial charge in [-0.3, -0.25) is 14.4 Å². The van der Waals surface area contributed by atoms with Crippen LogP contribution in [0.25, 0.3) is 0 Å². The topological polar surface area (TPSA) is 88.1 Å². The van der Waals surface area contributed by atoms with Crippen LogP contribution in [-0.2, 0) is 33.3 Å². The standard InChI is InChI=1S/C12H15FO7/c1-6(14)17-5-10-12(20-8(3)16)11(19-7(2)15)9(13)4-18-10/h4,10-12H,5H2,1-3H3/t10-,11-,12-/m1/s1. The summed E-state index contributed by atoms with van der Waals surface area (Å²) in [5.74, 6) is -2.93. The van der Waals surface area contributed by atoms with Crippen molar-refractivity contribution in [2.75, 3.05) is 6.61 Å². The molecule has 20 heavy (non-hydrogen) atoms. The van der Waals surface area contributed by atoms with Gasteiger partial charge in [-0.25, -0.2) is 4.39 Å². The van der Waals surface area contributed by atoms with Crippen molar-refractivity contribution in [3.8, 4) is 0 Å². The van der Waals surface area contributed by atoms with Crippen molar-refractivity contribution in [3.63, 3.8) is 0 Å². The van der Waals surface area contributed by atoms with Crippen molar-refractivity contribution >= 4 is 17.9 Å². The zero-order valence-corrected chi connectivity index (χ0v) is 11.3. The number of carbonyl (C=O) groups is 3. The summed E-state index contributed by atoms with van der Waals surface area (Å²) >= 11 is 0. The summed E-state index contributed by atoms with van der Waals surface area (Å²) < 4.78 is 33.0. The number of hydrogen-bond donors (Lipinski definition) is 0. The molecule has 0 unspecified atom stereocenters. The predicted octanol–water partition coefficient (Wildman–Crippen LogP) is 0.623. The summed E-state index contributed by atoms with van der Waals surface area (Å²) in [5, 5.41) is 0. The van der Waals surface area contributed by atoms with Crippen LogP contribution in [0.5, 0.6) is 0 Å². The van der Waals surface area contributed by atoms with Gasteiger partial charge in [-0.1, -0.05) is 0 Å². The maximum absolute atomic E-state index is 13.6. The average Bonchev–Trinajstić information content (AvgIpc) is 2.31. The van der Waals surface area contributed by atoms with Crippen LogP contribution in [0.2, 0.25) is 0 Å². The fraction of sp³-hybridized carbons (Fsp3) is 0.583. The first-order valence-electron chi connectivity index (χ1n) is 5.80. The average molecular weight is 290 g/mol. The van der Waals surface area contributed by atoms with Gasteiger partial charge in [0.15, 0.2) is 24.1 Å². The van der Waals surface area contributed by atoms with E-state index in [0.717, 1.165) is 20.1 Å². The summed E-state index contributed by atoms with van der Waals surface area (Å²) in [6.07, 6.45) is -2.89. The van der Waals surface area contributed by atoms with Gasteiger partial charge in [0.25, 0.3) is 0 Å². The number of halogens is 1. The van der Waals surface area contributed by atoms with E-state index in [1.54, 1.807) is 0 Å². The maximum atomic E-state index is 13.6. The summed E-state index contributed by atoms with van der Waals surface area (Å²) in [5.41, 5.74) is 0. The second-order valence-electron chi connectivity index (χ2n) is 4.08. The van der Waals surface area contributed by atoms with Crippen LogP contribution >= 0.6 is 0 Å². The molecule has 0 fully saturated rings. The van der Waals surface area contributed by atoms with E-state index < -0.39 is 42.0 Å². The molecule has 0 aromatic carbocycles. The smallest absolute Gasteiger partial charge is 0.303 e. The highest BCUT2D eigenvalue weighted by Gasteiger charge is 2.42. The highest BCUT2D eigenvalue weighted by molar-refractivity contribution is 5.68. The molecule has 3 atom stereocenters. The lowest BCUT2D eigenvalue weighted by Crippen LogP contribution is -2.48. The molecule has 0 aromatic heterocycles. The molecule has 0 spiro atoms. The Labute approximate surface area is 114 Å². The molecule has 1 aliphatic heterocycles. The van der Waals surface area contributed by atoms with Crippen molar-refractivity contribution in [2.24, 2.45) is 0 Å². The number of hydrogen-bond acceptors (Lipinski definition) is 7. The lowest BCUT2D eigenvalue weighted by atomic mass is 10.0. The molecule has 0 saturated carbocycles. The molecule has 0 saturated heterocycles.